The minimum Gasteiger partial charge on any atom is -0.467 e. The van der Waals surface area contributed by atoms with Crippen molar-refractivity contribution < 1.29 is 23.9 Å². The third-order valence-electron chi connectivity index (χ3n) is 4.03. The van der Waals surface area contributed by atoms with Crippen molar-refractivity contribution in [1.82, 2.24) is 10.2 Å². The van der Waals surface area contributed by atoms with Crippen LogP contribution in [-0.2, 0) is 19.1 Å². The molecular weight excluding hydrogens is 344 g/mol. The Morgan fingerprint density at radius 2 is 1.96 bits per heavy atom. The van der Waals surface area contributed by atoms with Crippen molar-refractivity contribution in [3.8, 4) is 0 Å². The number of rotatable bonds is 7. The Kier molecular flexibility index (Phi) is 8.05. The molecule has 1 aliphatic heterocycles. The molecule has 0 aliphatic carbocycles. The van der Waals surface area contributed by atoms with Gasteiger partial charge >= 0.3 is 12.1 Å². The summed E-state index contributed by atoms with van der Waals surface area (Å²) in [6.45, 7) is 10.3. The maximum atomic E-state index is 13.2. The Balaban J connectivity index is 3.06. The fourth-order valence-electron chi connectivity index (χ4n) is 3.08. The lowest BCUT2D eigenvalue weighted by molar-refractivity contribution is -0.151. The third-order valence-corrected chi connectivity index (χ3v) is 5.34. The number of alkyl carbamates (subject to hydrolysis) is 1. The molecule has 0 saturated carbocycles. The van der Waals surface area contributed by atoms with Crippen LogP contribution >= 0.6 is 11.8 Å². The van der Waals surface area contributed by atoms with Gasteiger partial charge in [-0.25, -0.2) is 9.59 Å². The molecule has 1 fully saturated rings. The Bertz CT molecular complexity index is 495. The molecule has 2 atom stereocenters. The Morgan fingerprint density at radius 3 is 2.48 bits per heavy atom. The van der Waals surface area contributed by atoms with Crippen LogP contribution in [0.15, 0.2) is 0 Å². The van der Waals surface area contributed by atoms with Gasteiger partial charge in [-0.2, -0.15) is 11.8 Å². The van der Waals surface area contributed by atoms with Crippen LogP contribution < -0.4 is 5.32 Å². The lowest BCUT2D eigenvalue weighted by atomic mass is 10.0. The number of nitrogens with one attached hydrogen (secondary N) is 1. The van der Waals surface area contributed by atoms with Crippen molar-refractivity contribution in [2.45, 2.75) is 69.5 Å². The first-order valence-electron chi connectivity index (χ1n) is 8.63. The molecular formula is C17H30N2O5S. The van der Waals surface area contributed by atoms with Crippen molar-refractivity contribution in [2.24, 2.45) is 0 Å². The number of likely N-dealkylation sites (tertiary alicyclic amines) is 1. The number of thioether (sulfide) groups is 1. The quantitative estimate of drug-likeness (QED) is 0.688. The highest BCUT2D eigenvalue weighted by Gasteiger charge is 2.44. The van der Waals surface area contributed by atoms with Crippen LogP contribution in [0.3, 0.4) is 0 Å². The van der Waals surface area contributed by atoms with Crippen LogP contribution in [0, 0.1) is 0 Å². The summed E-state index contributed by atoms with van der Waals surface area (Å²) in [5.74, 6) is -0.700. The monoisotopic (exact) mass is 374 g/mol. The van der Waals surface area contributed by atoms with Gasteiger partial charge in [0.2, 0.25) is 5.91 Å². The second kappa shape index (κ2) is 9.31. The first kappa shape index (κ1) is 21.6. The van der Waals surface area contributed by atoms with Crippen molar-refractivity contribution in [3.63, 3.8) is 0 Å². The Morgan fingerprint density at radius 1 is 1.32 bits per heavy atom. The van der Waals surface area contributed by atoms with E-state index in [1.165, 1.54) is 12.0 Å². The number of hydrogen-bond donors (Lipinski definition) is 1. The molecule has 1 aliphatic rings. The average Bonchev–Trinajstić information content (AvgIpc) is 2.99. The molecule has 1 unspecified atom stereocenters. The van der Waals surface area contributed by atoms with Gasteiger partial charge in [0.1, 0.15) is 12.1 Å². The van der Waals surface area contributed by atoms with E-state index in [1.54, 1.807) is 18.7 Å². The summed E-state index contributed by atoms with van der Waals surface area (Å²) in [7, 11) is 1.32. The number of carbonyl (C=O) groups excluding carboxylic acids is 3. The lowest BCUT2D eigenvalue weighted by Crippen LogP contribution is -2.59. The van der Waals surface area contributed by atoms with E-state index in [0.29, 0.717) is 13.0 Å². The van der Waals surface area contributed by atoms with Crippen molar-refractivity contribution in [2.75, 3.05) is 20.3 Å². The molecule has 0 spiro atoms. The van der Waals surface area contributed by atoms with Gasteiger partial charge in [0.15, 0.2) is 0 Å². The van der Waals surface area contributed by atoms with Gasteiger partial charge in [0, 0.05) is 11.3 Å². The number of nitrogens with zero attached hydrogens (tertiary/aromatic N) is 1. The minimum absolute atomic E-state index is 0.221. The summed E-state index contributed by atoms with van der Waals surface area (Å²) in [6.07, 6.45) is 0.671. The molecule has 0 bridgehead atoms. The standard InChI is InChI=1S/C17H30N2O5S/c1-7-24-16(22)18-13(17(4,5)25-11(2)3)14(20)19-10-8-9-12(19)15(21)23-6/h11-13H,7-10H2,1-6H3,(H,18,22)/t12?,13-/m1/s1. The van der Waals surface area contributed by atoms with Crippen LogP contribution in [0.2, 0.25) is 0 Å². The van der Waals surface area contributed by atoms with E-state index in [1.807, 2.05) is 27.7 Å². The second-order valence-corrected chi connectivity index (χ2v) is 9.01. The predicted molar refractivity (Wildman–Crippen MR) is 97.5 cm³/mol. The zero-order chi connectivity index (χ0) is 19.2. The maximum Gasteiger partial charge on any atom is 0.407 e. The number of ether oxygens (including phenoxy) is 2. The van der Waals surface area contributed by atoms with Gasteiger partial charge in [-0.3, -0.25) is 4.79 Å². The highest BCUT2D eigenvalue weighted by Crippen LogP contribution is 2.34. The number of methoxy groups -OCH3 is 1. The average molecular weight is 375 g/mol. The molecule has 0 aromatic heterocycles. The maximum absolute atomic E-state index is 13.2. The zero-order valence-corrected chi connectivity index (χ0v) is 16.8. The second-order valence-electron chi connectivity index (χ2n) is 6.78. The van der Waals surface area contributed by atoms with E-state index < -0.39 is 28.9 Å². The van der Waals surface area contributed by atoms with E-state index in [2.05, 4.69) is 5.32 Å². The van der Waals surface area contributed by atoms with Crippen LogP contribution in [-0.4, -0.2) is 65.2 Å². The van der Waals surface area contributed by atoms with Crippen molar-refractivity contribution in [1.29, 1.82) is 0 Å². The van der Waals surface area contributed by atoms with E-state index in [4.69, 9.17) is 9.47 Å². The molecule has 0 aromatic rings. The molecule has 2 amide bonds. The molecule has 1 heterocycles. The summed E-state index contributed by atoms with van der Waals surface area (Å²) in [4.78, 5) is 38.6. The van der Waals surface area contributed by atoms with Gasteiger partial charge in [-0.1, -0.05) is 13.8 Å². The molecule has 0 radical (unpaired) electrons. The molecule has 1 saturated heterocycles. The van der Waals surface area contributed by atoms with Gasteiger partial charge < -0.3 is 19.7 Å². The number of hydrogen-bond acceptors (Lipinski definition) is 6. The van der Waals surface area contributed by atoms with Gasteiger partial charge in [0.05, 0.1) is 13.7 Å². The Hall–Kier alpha value is -1.44. The molecule has 8 heteroatoms. The highest BCUT2D eigenvalue weighted by molar-refractivity contribution is 8.01. The van der Waals surface area contributed by atoms with Crippen LogP contribution in [0.25, 0.3) is 0 Å². The van der Waals surface area contributed by atoms with Gasteiger partial charge in [-0.15, -0.1) is 0 Å². The molecule has 144 valence electrons. The summed E-state index contributed by atoms with van der Waals surface area (Å²) in [6, 6.07) is -1.40. The molecule has 0 aromatic carbocycles. The zero-order valence-electron chi connectivity index (χ0n) is 16.0. The van der Waals surface area contributed by atoms with E-state index in [9.17, 15) is 14.4 Å². The SMILES string of the molecule is CCOC(=O)N[C@H](C(=O)N1CCCC1C(=O)OC)C(C)(C)SC(C)C. The highest BCUT2D eigenvalue weighted by atomic mass is 32.2. The predicted octanol–water partition coefficient (Wildman–Crippen LogP) is 2.19. The van der Waals surface area contributed by atoms with Crippen molar-refractivity contribution in [3.05, 3.63) is 0 Å². The smallest absolute Gasteiger partial charge is 0.407 e. The molecule has 1 rings (SSSR count). The largest absolute Gasteiger partial charge is 0.467 e. The molecule has 7 nitrogen and oxygen atoms in total. The van der Waals surface area contributed by atoms with Crippen LogP contribution in [0.4, 0.5) is 4.79 Å². The topological polar surface area (TPSA) is 84.9 Å². The summed E-state index contributed by atoms with van der Waals surface area (Å²) in [5, 5.41) is 2.96. The fraction of sp³-hybridized carbons (Fsp3) is 0.824. The Labute approximate surface area is 154 Å². The van der Waals surface area contributed by atoms with E-state index >= 15 is 0 Å². The van der Waals surface area contributed by atoms with E-state index in [-0.39, 0.29) is 17.8 Å². The minimum atomic E-state index is -0.802. The number of esters is 1. The van der Waals surface area contributed by atoms with Gasteiger partial charge in [0.25, 0.3) is 0 Å². The van der Waals surface area contributed by atoms with Gasteiger partial charge in [-0.05, 0) is 38.9 Å². The van der Waals surface area contributed by atoms with Crippen molar-refractivity contribution >= 4 is 29.7 Å². The number of carbonyl (C=O) groups is 3. The third kappa shape index (κ3) is 5.80. The first-order valence-corrected chi connectivity index (χ1v) is 9.51. The summed E-state index contributed by atoms with van der Waals surface area (Å²) >= 11 is 1.59. The van der Waals surface area contributed by atoms with Crippen LogP contribution in [0.5, 0.6) is 0 Å². The summed E-state index contributed by atoms with van der Waals surface area (Å²) < 4.78 is 9.20. The van der Waals surface area contributed by atoms with E-state index in [0.717, 1.165) is 6.42 Å². The fourth-order valence-corrected chi connectivity index (χ4v) is 4.59. The molecule has 1 N–H and O–H groups in total. The normalized spacial score (nSPS) is 18.8. The van der Waals surface area contributed by atoms with Crippen LogP contribution in [0.1, 0.15) is 47.5 Å². The number of amides is 2. The first-order chi connectivity index (χ1) is 11.6. The molecule has 25 heavy (non-hydrogen) atoms. The summed E-state index contributed by atoms with van der Waals surface area (Å²) in [5.41, 5.74) is 0. The lowest BCUT2D eigenvalue weighted by Gasteiger charge is -2.37.